The third kappa shape index (κ3) is 4.42. The average molecular weight is 226 g/mol. The molecule has 96 valence electrons. The Bertz CT molecular complexity index is 205. The van der Waals surface area contributed by atoms with Crippen molar-refractivity contribution in [3.05, 3.63) is 0 Å². The lowest BCUT2D eigenvalue weighted by Gasteiger charge is -2.41. The highest BCUT2D eigenvalue weighted by Crippen LogP contribution is 2.21. The van der Waals surface area contributed by atoms with E-state index >= 15 is 0 Å². The van der Waals surface area contributed by atoms with Gasteiger partial charge in [0.25, 0.3) is 0 Å². The van der Waals surface area contributed by atoms with Crippen LogP contribution in [0.15, 0.2) is 0 Å². The molecule has 1 rings (SSSR count). The largest absolute Gasteiger partial charge is 0.311 e. The minimum atomic E-state index is 0.456. The smallest absolute Gasteiger partial charge is 0.0218 e. The lowest BCUT2D eigenvalue weighted by molar-refractivity contribution is 0.109. The van der Waals surface area contributed by atoms with E-state index in [1.165, 1.54) is 19.5 Å². The number of hydrogen-bond donors (Lipinski definition) is 1. The summed E-state index contributed by atoms with van der Waals surface area (Å²) >= 11 is 0. The zero-order valence-corrected chi connectivity index (χ0v) is 12.0. The molecule has 0 aromatic rings. The van der Waals surface area contributed by atoms with Crippen molar-refractivity contribution in [1.82, 2.24) is 10.2 Å². The minimum absolute atomic E-state index is 0.456. The summed E-state index contributed by atoms with van der Waals surface area (Å²) in [5.41, 5.74) is 0.456. The molecule has 1 saturated heterocycles. The van der Waals surface area contributed by atoms with Gasteiger partial charge >= 0.3 is 0 Å². The molecular weight excluding hydrogens is 196 g/mol. The average Bonchev–Trinajstić information content (AvgIpc) is 2.14. The van der Waals surface area contributed by atoms with Gasteiger partial charge in [-0.3, -0.25) is 4.90 Å². The van der Waals surface area contributed by atoms with Crippen LogP contribution in [-0.4, -0.2) is 36.6 Å². The summed E-state index contributed by atoms with van der Waals surface area (Å²) < 4.78 is 0. The second-order valence-corrected chi connectivity index (χ2v) is 6.91. The van der Waals surface area contributed by atoms with E-state index in [4.69, 9.17) is 0 Å². The zero-order valence-electron chi connectivity index (χ0n) is 12.0. The first kappa shape index (κ1) is 14.0. The highest BCUT2D eigenvalue weighted by atomic mass is 15.2. The first-order chi connectivity index (χ1) is 7.29. The molecule has 0 aliphatic carbocycles. The van der Waals surface area contributed by atoms with Crippen molar-refractivity contribution in [2.45, 2.75) is 60.0 Å². The van der Waals surface area contributed by atoms with Gasteiger partial charge in [-0.05, 0) is 31.2 Å². The standard InChI is InChI=1S/C14H30N2/c1-11(2)13-10-16(12(3)9-15-13)8-7-14(4,5)6/h11-13,15H,7-10H2,1-6H3. The molecule has 2 atom stereocenters. The number of nitrogens with one attached hydrogen (secondary N) is 1. The number of piperazine rings is 1. The van der Waals surface area contributed by atoms with Crippen LogP contribution in [0.3, 0.4) is 0 Å². The Labute approximate surface area is 102 Å². The van der Waals surface area contributed by atoms with E-state index < -0.39 is 0 Å². The van der Waals surface area contributed by atoms with Crippen LogP contribution in [0.1, 0.15) is 48.0 Å². The summed E-state index contributed by atoms with van der Waals surface area (Å²) in [6.45, 7) is 17.6. The number of rotatable bonds is 3. The first-order valence-electron chi connectivity index (χ1n) is 6.77. The molecule has 0 saturated carbocycles. The van der Waals surface area contributed by atoms with E-state index in [-0.39, 0.29) is 0 Å². The van der Waals surface area contributed by atoms with Gasteiger partial charge in [0.2, 0.25) is 0 Å². The molecule has 16 heavy (non-hydrogen) atoms. The topological polar surface area (TPSA) is 15.3 Å². The van der Waals surface area contributed by atoms with Gasteiger partial charge in [0, 0.05) is 25.2 Å². The van der Waals surface area contributed by atoms with Gasteiger partial charge in [0.1, 0.15) is 0 Å². The monoisotopic (exact) mass is 226 g/mol. The van der Waals surface area contributed by atoms with Gasteiger partial charge in [0.05, 0.1) is 0 Å². The van der Waals surface area contributed by atoms with Crippen molar-refractivity contribution in [3.63, 3.8) is 0 Å². The fourth-order valence-corrected chi connectivity index (χ4v) is 2.19. The van der Waals surface area contributed by atoms with Gasteiger partial charge in [0.15, 0.2) is 0 Å². The molecule has 0 aromatic heterocycles. The van der Waals surface area contributed by atoms with E-state index in [0.717, 1.165) is 12.5 Å². The summed E-state index contributed by atoms with van der Waals surface area (Å²) in [4.78, 5) is 2.66. The van der Waals surface area contributed by atoms with E-state index in [0.29, 0.717) is 17.5 Å². The first-order valence-corrected chi connectivity index (χ1v) is 6.77. The molecule has 2 unspecified atom stereocenters. The van der Waals surface area contributed by atoms with Crippen LogP contribution < -0.4 is 5.32 Å². The summed E-state index contributed by atoms with van der Waals surface area (Å²) in [7, 11) is 0. The number of nitrogens with zero attached hydrogens (tertiary/aromatic N) is 1. The van der Waals surface area contributed by atoms with E-state index in [1.54, 1.807) is 0 Å². The molecular formula is C14H30N2. The Morgan fingerprint density at radius 2 is 1.94 bits per heavy atom. The maximum absolute atomic E-state index is 3.65. The SMILES string of the molecule is CC(C)C1CN(CCC(C)(C)C)C(C)CN1. The summed E-state index contributed by atoms with van der Waals surface area (Å²) in [6, 6.07) is 1.37. The molecule has 1 fully saturated rings. The third-order valence-electron chi connectivity index (χ3n) is 3.68. The summed E-state index contributed by atoms with van der Waals surface area (Å²) in [5.74, 6) is 0.740. The van der Waals surface area contributed by atoms with Crippen LogP contribution in [0.25, 0.3) is 0 Å². The van der Waals surface area contributed by atoms with Gasteiger partial charge in [-0.25, -0.2) is 0 Å². The molecule has 0 radical (unpaired) electrons. The Balaban J connectivity index is 2.44. The normalized spacial score (nSPS) is 28.7. The molecule has 2 nitrogen and oxygen atoms in total. The van der Waals surface area contributed by atoms with E-state index in [2.05, 4.69) is 51.8 Å². The fraction of sp³-hybridized carbons (Fsp3) is 1.00. The van der Waals surface area contributed by atoms with Crippen LogP contribution in [0.4, 0.5) is 0 Å². The van der Waals surface area contributed by atoms with Crippen molar-refractivity contribution >= 4 is 0 Å². The van der Waals surface area contributed by atoms with Crippen LogP contribution in [0.5, 0.6) is 0 Å². The highest BCUT2D eigenvalue weighted by molar-refractivity contribution is 4.85. The van der Waals surface area contributed by atoms with E-state index in [9.17, 15) is 0 Å². The Hall–Kier alpha value is -0.0800. The maximum Gasteiger partial charge on any atom is 0.0218 e. The lowest BCUT2D eigenvalue weighted by atomic mass is 9.91. The van der Waals surface area contributed by atoms with Crippen LogP contribution >= 0.6 is 0 Å². The lowest BCUT2D eigenvalue weighted by Crippen LogP contribution is -2.57. The van der Waals surface area contributed by atoms with Crippen LogP contribution in [-0.2, 0) is 0 Å². The molecule has 0 bridgehead atoms. The van der Waals surface area contributed by atoms with Gasteiger partial charge < -0.3 is 5.32 Å². The molecule has 0 spiro atoms. The van der Waals surface area contributed by atoms with Crippen molar-refractivity contribution in [2.24, 2.45) is 11.3 Å². The summed E-state index contributed by atoms with van der Waals surface area (Å²) in [6.07, 6.45) is 1.29. The van der Waals surface area contributed by atoms with Gasteiger partial charge in [-0.1, -0.05) is 34.6 Å². The van der Waals surface area contributed by atoms with Crippen molar-refractivity contribution in [3.8, 4) is 0 Å². The molecule has 0 aromatic carbocycles. The third-order valence-corrected chi connectivity index (χ3v) is 3.68. The van der Waals surface area contributed by atoms with E-state index in [1.807, 2.05) is 0 Å². The molecule has 1 heterocycles. The minimum Gasteiger partial charge on any atom is -0.311 e. The molecule has 1 aliphatic rings. The van der Waals surface area contributed by atoms with Crippen molar-refractivity contribution in [1.29, 1.82) is 0 Å². The van der Waals surface area contributed by atoms with Crippen LogP contribution in [0, 0.1) is 11.3 Å². The molecule has 1 N–H and O–H groups in total. The second kappa shape index (κ2) is 5.50. The predicted octanol–water partition coefficient (Wildman–Crippen LogP) is 2.74. The predicted molar refractivity (Wildman–Crippen MR) is 71.7 cm³/mol. The molecule has 1 aliphatic heterocycles. The Morgan fingerprint density at radius 1 is 1.31 bits per heavy atom. The second-order valence-electron chi connectivity index (χ2n) is 6.91. The van der Waals surface area contributed by atoms with Crippen LogP contribution in [0.2, 0.25) is 0 Å². The maximum atomic E-state index is 3.65. The van der Waals surface area contributed by atoms with Crippen molar-refractivity contribution in [2.75, 3.05) is 19.6 Å². The fourth-order valence-electron chi connectivity index (χ4n) is 2.19. The Morgan fingerprint density at radius 3 is 2.44 bits per heavy atom. The quantitative estimate of drug-likeness (QED) is 0.796. The van der Waals surface area contributed by atoms with Gasteiger partial charge in [-0.2, -0.15) is 0 Å². The van der Waals surface area contributed by atoms with Crippen molar-refractivity contribution < 1.29 is 0 Å². The Kier molecular flexibility index (Phi) is 4.81. The molecule has 2 heteroatoms. The zero-order chi connectivity index (χ0) is 12.3. The highest BCUT2D eigenvalue weighted by Gasteiger charge is 2.27. The van der Waals surface area contributed by atoms with Gasteiger partial charge in [-0.15, -0.1) is 0 Å². The summed E-state index contributed by atoms with van der Waals surface area (Å²) in [5, 5.41) is 3.65. The molecule has 0 amide bonds. The number of hydrogen-bond acceptors (Lipinski definition) is 2.